The Bertz CT molecular complexity index is 493. The van der Waals surface area contributed by atoms with Crippen molar-refractivity contribution in [1.82, 2.24) is 0 Å². The average molecular weight is 296 g/mol. The lowest BCUT2D eigenvalue weighted by Crippen LogP contribution is -2.32. The van der Waals surface area contributed by atoms with Crippen molar-refractivity contribution in [2.24, 2.45) is 5.73 Å². The third-order valence-corrected chi connectivity index (χ3v) is 4.88. The summed E-state index contributed by atoms with van der Waals surface area (Å²) in [6.07, 6.45) is 7.25. The maximum absolute atomic E-state index is 6.44. The van der Waals surface area contributed by atoms with Crippen molar-refractivity contribution >= 4 is 11.6 Å². The Kier molecular flexibility index (Phi) is 3.83. The maximum atomic E-state index is 6.44. The monoisotopic (exact) mass is 295 g/mol. The van der Waals surface area contributed by atoms with Crippen molar-refractivity contribution in [2.45, 2.75) is 50.0 Å². The minimum atomic E-state index is 0.0645. The first-order chi connectivity index (χ1) is 9.68. The van der Waals surface area contributed by atoms with E-state index in [-0.39, 0.29) is 5.41 Å². The molecule has 0 aromatic heterocycles. The van der Waals surface area contributed by atoms with E-state index in [1.165, 1.54) is 18.4 Å². The van der Waals surface area contributed by atoms with Gasteiger partial charge in [0.05, 0.1) is 18.2 Å². The molecule has 20 heavy (non-hydrogen) atoms. The molecule has 2 saturated carbocycles. The summed E-state index contributed by atoms with van der Waals surface area (Å²) in [4.78, 5) is 0. The Hall–Kier alpha value is -0.930. The molecule has 4 heteroatoms. The number of hydrogen-bond acceptors (Lipinski definition) is 3. The van der Waals surface area contributed by atoms with Gasteiger partial charge in [-0.1, -0.05) is 24.4 Å². The van der Waals surface area contributed by atoms with Crippen molar-refractivity contribution in [2.75, 3.05) is 13.7 Å². The zero-order chi connectivity index (χ0) is 14.2. The predicted octanol–water partition coefficient (Wildman–Crippen LogP) is 3.66. The van der Waals surface area contributed by atoms with Gasteiger partial charge in [-0.2, -0.15) is 0 Å². The van der Waals surface area contributed by atoms with Crippen LogP contribution in [0.4, 0.5) is 0 Å². The van der Waals surface area contributed by atoms with Crippen LogP contribution in [0.25, 0.3) is 0 Å². The van der Waals surface area contributed by atoms with Gasteiger partial charge in [0.1, 0.15) is 0 Å². The number of methoxy groups -OCH3 is 1. The molecule has 1 aromatic rings. The summed E-state index contributed by atoms with van der Waals surface area (Å²) in [6.45, 7) is 0.662. The first-order valence-electron chi connectivity index (χ1n) is 7.43. The quantitative estimate of drug-likeness (QED) is 0.901. The van der Waals surface area contributed by atoms with Gasteiger partial charge in [-0.25, -0.2) is 0 Å². The second-order valence-electron chi connectivity index (χ2n) is 6.00. The Labute approximate surface area is 125 Å². The molecule has 2 aliphatic rings. The normalized spacial score (nSPS) is 20.9. The fourth-order valence-corrected chi connectivity index (χ4v) is 3.41. The van der Waals surface area contributed by atoms with Gasteiger partial charge in [-0.05, 0) is 43.4 Å². The summed E-state index contributed by atoms with van der Waals surface area (Å²) in [5, 5.41) is 0.644. The van der Waals surface area contributed by atoms with E-state index in [4.69, 9.17) is 26.8 Å². The van der Waals surface area contributed by atoms with E-state index in [2.05, 4.69) is 6.07 Å². The van der Waals surface area contributed by atoms with E-state index in [1.54, 1.807) is 7.11 Å². The minimum absolute atomic E-state index is 0.0645. The molecule has 0 atom stereocenters. The molecule has 3 nitrogen and oxygen atoms in total. The number of hydrogen-bond donors (Lipinski definition) is 1. The topological polar surface area (TPSA) is 44.5 Å². The number of halogens is 1. The summed E-state index contributed by atoms with van der Waals surface area (Å²) < 4.78 is 11.4. The fourth-order valence-electron chi connectivity index (χ4n) is 3.16. The number of ether oxygens (including phenoxy) is 2. The second-order valence-corrected chi connectivity index (χ2v) is 6.41. The highest BCUT2D eigenvalue weighted by Gasteiger charge is 2.36. The zero-order valence-corrected chi connectivity index (χ0v) is 12.7. The van der Waals surface area contributed by atoms with E-state index in [1.807, 2.05) is 6.07 Å². The van der Waals surface area contributed by atoms with Gasteiger partial charge in [0, 0.05) is 12.0 Å². The van der Waals surface area contributed by atoms with Crippen molar-refractivity contribution in [3.8, 4) is 11.5 Å². The lowest BCUT2D eigenvalue weighted by Gasteiger charge is -2.29. The van der Waals surface area contributed by atoms with Crippen LogP contribution in [0.5, 0.6) is 11.5 Å². The number of benzene rings is 1. The fraction of sp³-hybridized carbons (Fsp3) is 0.625. The van der Waals surface area contributed by atoms with Crippen LogP contribution in [0.15, 0.2) is 12.1 Å². The highest BCUT2D eigenvalue weighted by atomic mass is 35.5. The van der Waals surface area contributed by atoms with Gasteiger partial charge in [0.15, 0.2) is 11.5 Å². The van der Waals surface area contributed by atoms with E-state index in [0.29, 0.717) is 23.4 Å². The van der Waals surface area contributed by atoms with Gasteiger partial charge in [0.2, 0.25) is 0 Å². The van der Waals surface area contributed by atoms with Crippen LogP contribution < -0.4 is 15.2 Å². The average Bonchev–Trinajstić information content (AvgIpc) is 3.15. The molecule has 1 aromatic carbocycles. The van der Waals surface area contributed by atoms with Crippen LogP contribution in [-0.4, -0.2) is 19.8 Å². The predicted molar refractivity (Wildman–Crippen MR) is 80.9 cm³/mol. The summed E-state index contributed by atoms with van der Waals surface area (Å²) in [7, 11) is 1.67. The van der Waals surface area contributed by atoms with Crippen LogP contribution in [-0.2, 0) is 5.41 Å². The molecule has 3 rings (SSSR count). The second kappa shape index (κ2) is 5.45. The van der Waals surface area contributed by atoms with Crippen molar-refractivity contribution in [3.63, 3.8) is 0 Å². The van der Waals surface area contributed by atoms with Crippen molar-refractivity contribution in [1.29, 1.82) is 0 Å². The molecule has 0 saturated heterocycles. The Morgan fingerprint density at radius 1 is 1.30 bits per heavy atom. The SMILES string of the molecule is COc1cc(C2(CN)CCCC2)cc(Cl)c1OC1CC1. The lowest BCUT2D eigenvalue weighted by molar-refractivity contribution is 0.281. The first kappa shape index (κ1) is 14.0. The molecular weight excluding hydrogens is 274 g/mol. The highest BCUT2D eigenvalue weighted by molar-refractivity contribution is 6.32. The summed E-state index contributed by atoms with van der Waals surface area (Å²) in [5.74, 6) is 1.42. The van der Waals surface area contributed by atoms with Gasteiger partial charge < -0.3 is 15.2 Å². The number of rotatable bonds is 5. The molecule has 110 valence electrons. The molecular formula is C16H22ClNO2. The standard InChI is InChI=1S/C16H22ClNO2/c1-19-14-9-11(16(10-18)6-2-3-7-16)8-13(17)15(14)20-12-4-5-12/h8-9,12H,2-7,10,18H2,1H3. The van der Waals surface area contributed by atoms with Crippen LogP contribution in [0.2, 0.25) is 5.02 Å². The minimum Gasteiger partial charge on any atom is -0.493 e. The molecule has 2 aliphatic carbocycles. The largest absolute Gasteiger partial charge is 0.493 e. The smallest absolute Gasteiger partial charge is 0.180 e. The van der Waals surface area contributed by atoms with Gasteiger partial charge in [-0.3, -0.25) is 0 Å². The Morgan fingerprint density at radius 2 is 2.00 bits per heavy atom. The van der Waals surface area contributed by atoms with Crippen LogP contribution in [0, 0.1) is 0 Å². The van der Waals surface area contributed by atoms with E-state index in [0.717, 1.165) is 31.4 Å². The summed E-state index contributed by atoms with van der Waals surface area (Å²) >= 11 is 6.44. The summed E-state index contributed by atoms with van der Waals surface area (Å²) in [6, 6.07) is 4.10. The molecule has 2 N–H and O–H groups in total. The molecule has 0 amide bonds. The van der Waals surface area contributed by atoms with Crippen molar-refractivity contribution in [3.05, 3.63) is 22.7 Å². The molecule has 0 spiro atoms. The van der Waals surface area contributed by atoms with E-state index >= 15 is 0 Å². The lowest BCUT2D eigenvalue weighted by atomic mass is 9.79. The van der Waals surface area contributed by atoms with Gasteiger partial charge in [-0.15, -0.1) is 0 Å². The van der Waals surface area contributed by atoms with Crippen LogP contribution in [0.1, 0.15) is 44.1 Å². The van der Waals surface area contributed by atoms with E-state index < -0.39 is 0 Å². The van der Waals surface area contributed by atoms with Crippen LogP contribution >= 0.6 is 11.6 Å². The third kappa shape index (κ3) is 2.49. The highest BCUT2D eigenvalue weighted by Crippen LogP contribution is 2.46. The van der Waals surface area contributed by atoms with E-state index in [9.17, 15) is 0 Å². The third-order valence-electron chi connectivity index (χ3n) is 4.60. The molecule has 0 heterocycles. The maximum Gasteiger partial charge on any atom is 0.180 e. The zero-order valence-electron chi connectivity index (χ0n) is 12.0. The van der Waals surface area contributed by atoms with Crippen molar-refractivity contribution < 1.29 is 9.47 Å². The van der Waals surface area contributed by atoms with Crippen LogP contribution in [0.3, 0.4) is 0 Å². The Morgan fingerprint density at radius 3 is 2.55 bits per heavy atom. The Balaban J connectivity index is 1.97. The van der Waals surface area contributed by atoms with Gasteiger partial charge in [0.25, 0.3) is 0 Å². The first-order valence-corrected chi connectivity index (χ1v) is 7.81. The molecule has 2 fully saturated rings. The number of nitrogens with two attached hydrogens (primary N) is 1. The molecule has 0 unspecified atom stereocenters. The molecule has 0 bridgehead atoms. The molecule has 0 aliphatic heterocycles. The van der Waals surface area contributed by atoms with Gasteiger partial charge >= 0.3 is 0 Å². The summed E-state index contributed by atoms with van der Waals surface area (Å²) in [5.41, 5.74) is 7.32. The molecule has 0 radical (unpaired) electrons.